The summed E-state index contributed by atoms with van der Waals surface area (Å²) in [6, 6.07) is 9.33. The molecule has 1 aliphatic rings. The number of rotatable bonds is 3. The van der Waals surface area contributed by atoms with Crippen molar-refractivity contribution in [1.29, 1.82) is 0 Å². The second-order valence-electron chi connectivity index (χ2n) is 4.53. The van der Waals surface area contributed by atoms with E-state index in [1.807, 2.05) is 44.2 Å². The van der Waals surface area contributed by atoms with Gasteiger partial charge < -0.3 is 9.47 Å². The highest BCUT2D eigenvalue weighted by molar-refractivity contribution is 5.85. The molecule has 0 saturated carbocycles. The number of carbonyl (C=O) groups excluding carboxylic acids is 1. The molecule has 18 heavy (non-hydrogen) atoms. The third-order valence-corrected chi connectivity index (χ3v) is 2.63. The minimum absolute atomic E-state index is 0.154. The van der Waals surface area contributed by atoms with E-state index in [0.29, 0.717) is 5.90 Å². The lowest BCUT2D eigenvalue weighted by Gasteiger charge is -2.18. The van der Waals surface area contributed by atoms with Gasteiger partial charge in [-0.2, -0.15) is 0 Å². The molecule has 0 aliphatic carbocycles. The molecule has 4 heteroatoms. The van der Waals surface area contributed by atoms with Gasteiger partial charge >= 0.3 is 5.97 Å². The molecule has 0 radical (unpaired) electrons. The van der Waals surface area contributed by atoms with Gasteiger partial charge in [-0.1, -0.05) is 30.3 Å². The molecule has 0 amide bonds. The average Bonchev–Trinajstić information content (AvgIpc) is 2.72. The molecule has 1 heterocycles. The average molecular weight is 247 g/mol. The van der Waals surface area contributed by atoms with Gasteiger partial charge in [0.05, 0.1) is 6.10 Å². The fraction of sp³-hybridized carbons (Fsp3) is 0.429. The summed E-state index contributed by atoms with van der Waals surface area (Å²) in [4.78, 5) is 16.3. The number of benzene rings is 1. The lowest BCUT2D eigenvalue weighted by Crippen LogP contribution is -2.30. The van der Waals surface area contributed by atoms with Crippen LogP contribution in [0.25, 0.3) is 0 Å². The van der Waals surface area contributed by atoms with Crippen LogP contribution in [0.5, 0.6) is 0 Å². The Morgan fingerprint density at radius 2 is 2.00 bits per heavy atom. The third kappa shape index (κ3) is 2.70. The molecule has 4 nitrogen and oxygen atoms in total. The van der Waals surface area contributed by atoms with Crippen molar-refractivity contribution < 1.29 is 14.3 Å². The van der Waals surface area contributed by atoms with Gasteiger partial charge in [-0.15, -0.1) is 0 Å². The van der Waals surface area contributed by atoms with Crippen molar-refractivity contribution in [3.05, 3.63) is 35.9 Å². The minimum Gasteiger partial charge on any atom is -0.463 e. The maximum Gasteiger partial charge on any atom is 0.350 e. The Labute approximate surface area is 107 Å². The van der Waals surface area contributed by atoms with Crippen molar-refractivity contribution in [2.75, 3.05) is 0 Å². The molecular weight excluding hydrogens is 230 g/mol. The summed E-state index contributed by atoms with van der Waals surface area (Å²) < 4.78 is 10.7. The predicted molar refractivity (Wildman–Crippen MR) is 68.4 cm³/mol. The first-order valence-corrected chi connectivity index (χ1v) is 6.04. The van der Waals surface area contributed by atoms with Crippen LogP contribution in [0.15, 0.2) is 35.3 Å². The zero-order valence-electron chi connectivity index (χ0n) is 10.8. The molecule has 1 aromatic carbocycles. The maximum absolute atomic E-state index is 12.0. The number of aliphatic imine (C=N–C) groups is 1. The molecule has 0 bridgehead atoms. The first-order chi connectivity index (χ1) is 8.58. The van der Waals surface area contributed by atoms with E-state index in [-0.39, 0.29) is 18.1 Å². The van der Waals surface area contributed by atoms with Gasteiger partial charge in [0.2, 0.25) is 6.10 Å². The van der Waals surface area contributed by atoms with Crippen LogP contribution in [0.1, 0.15) is 32.4 Å². The van der Waals surface area contributed by atoms with Crippen LogP contribution in [0.4, 0.5) is 0 Å². The first kappa shape index (κ1) is 12.6. The van der Waals surface area contributed by atoms with Crippen molar-refractivity contribution in [3.8, 4) is 0 Å². The van der Waals surface area contributed by atoms with E-state index in [9.17, 15) is 4.79 Å². The standard InChI is InChI=1S/C14H17NO3/c1-9(2)17-14(16)13-12(15-10(3)18-13)11-7-5-4-6-8-11/h4-9,12-13H,1-3H3/t12-,13-/m0/s1. The topological polar surface area (TPSA) is 47.9 Å². The Bertz CT molecular complexity index is 453. The highest BCUT2D eigenvalue weighted by atomic mass is 16.6. The maximum atomic E-state index is 12.0. The van der Waals surface area contributed by atoms with Crippen molar-refractivity contribution in [2.45, 2.75) is 39.0 Å². The van der Waals surface area contributed by atoms with Crippen LogP contribution in [-0.4, -0.2) is 24.1 Å². The zero-order chi connectivity index (χ0) is 13.1. The number of hydrogen-bond donors (Lipinski definition) is 0. The second-order valence-corrected chi connectivity index (χ2v) is 4.53. The summed E-state index contributed by atoms with van der Waals surface area (Å²) >= 11 is 0. The van der Waals surface area contributed by atoms with E-state index in [4.69, 9.17) is 9.47 Å². The summed E-state index contributed by atoms with van der Waals surface area (Å²) in [5.41, 5.74) is 0.958. The molecule has 96 valence electrons. The number of carbonyl (C=O) groups is 1. The Morgan fingerprint density at radius 3 is 2.61 bits per heavy atom. The minimum atomic E-state index is -0.671. The summed E-state index contributed by atoms with van der Waals surface area (Å²) in [5.74, 6) is 0.161. The SMILES string of the molecule is CC1=N[C@@H](c2ccccc2)[C@@H](C(=O)OC(C)C)O1. The van der Waals surface area contributed by atoms with Gasteiger partial charge in [0.1, 0.15) is 6.04 Å². The molecule has 0 unspecified atom stereocenters. The summed E-state index contributed by atoms with van der Waals surface area (Å²) in [5, 5.41) is 0. The highest BCUT2D eigenvalue weighted by Crippen LogP contribution is 2.30. The molecular formula is C14H17NO3. The number of nitrogens with zero attached hydrogens (tertiary/aromatic N) is 1. The van der Waals surface area contributed by atoms with Crippen molar-refractivity contribution >= 4 is 11.9 Å². The van der Waals surface area contributed by atoms with Crippen LogP contribution >= 0.6 is 0 Å². The summed E-state index contributed by atoms with van der Waals surface area (Å²) in [6.07, 6.45) is -0.826. The molecule has 0 fully saturated rings. The van der Waals surface area contributed by atoms with E-state index >= 15 is 0 Å². The predicted octanol–water partition coefficient (Wildman–Crippen LogP) is 2.50. The van der Waals surface area contributed by atoms with Gasteiger partial charge in [-0.25, -0.2) is 9.79 Å². The molecule has 0 aromatic heterocycles. The Balaban J connectivity index is 2.19. The highest BCUT2D eigenvalue weighted by Gasteiger charge is 2.38. The molecule has 0 saturated heterocycles. The summed E-state index contributed by atoms with van der Waals surface area (Å²) in [6.45, 7) is 5.38. The molecule has 2 rings (SSSR count). The normalized spacial score (nSPS) is 22.6. The van der Waals surface area contributed by atoms with Crippen molar-refractivity contribution in [1.82, 2.24) is 0 Å². The van der Waals surface area contributed by atoms with E-state index in [0.717, 1.165) is 5.56 Å². The number of esters is 1. The molecule has 2 atom stereocenters. The monoisotopic (exact) mass is 247 g/mol. The van der Waals surface area contributed by atoms with Crippen LogP contribution in [0.2, 0.25) is 0 Å². The Hall–Kier alpha value is -1.84. The fourth-order valence-electron chi connectivity index (χ4n) is 1.92. The molecule has 1 aromatic rings. The van der Waals surface area contributed by atoms with Crippen molar-refractivity contribution in [3.63, 3.8) is 0 Å². The van der Waals surface area contributed by atoms with E-state index in [2.05, 4.69) is 4.99 Å². The van der Waals surface area contributed by atoms with E-state index < -0.39 is 6.10 Å². The van der Waals surface area contributed by atoms with E-state index in [1.165, 1.54) is 0 Å². The molecule has 0 N–H and O–H groups in total. The lowest BCUT2D eigenvalue weighted by atomic mass is 10.0. The largest absolute Gasteiger partial charge is 0.463 e. The van der Waals surface area contributed by atoms with Gasteiger partial charge in [0.15, 0.2) is 5.90 Å². The lowest BCUT2D eigenvalue weighted by molar-refractivity contribution is -0.156. The van der Waals surface area contributed by atoms with Crippen LogP contribution in [-0.2, 0) is 14.3 Å². The molecule has 0 spiro atoms. The van der Waals surface area contributed by atoms with Crippen molar-refractivity contribution in [2.24, 2.45) is 4.99 Å². The molecule has 1 aliphatic heterocycles. The van der Waals surface area contributed by atoms with Crippen LogP contribution < -0.4 is 0 Å². The van der Waals surface area contributed by atoms with Gasteiger partial charge in [-0.05, 0) is 19.4 Å². The smallest absolute Gasteiger partial charge is 0.350 e. The first-order valence-electron chi connectivity index (χ1n) is 6.04. The van der Waals surface area contributed by atoms with E-state index in [1.54, 1.807) is 6.92 Å². The van der Waals surface area contributed by atoms with Gasteiger partial charge in [0, 0.05) is 6.92 Å². The van der Waals surface area contributed by atoms with Crippen LogP contribution in [0, 0.1) is 0 Å². The van der Waals surface area contributed by atoms with Gasteiger partial charge in [-0.3, -0.25) is 0 Å². The Morgan fingerprint density at radius 1 is 1.33 bits per heavy atom. The fourth-order valence-corrected chi connectivity index (χ4v) is 1.92. The second kappa shape index (κ2) is 5.21. The third-order valence-electron chi connectivity index (χ3n) is 2.63. The van der Waals surface area contributed by atoms with Crippen LogP contribution in [0.3, 0.4) is 0 Å². The zero-order valence-corrected chi connectivity index (χ0v) is 10.8. The Kier molecular flexibility index (Phi) is 3.65. The quantitative estimate of drug-likeness (QED) is 0.771. The number of ether oxygens (including phenoxy) is 2. The van der Waals surface area contributed by atoms with Gasteiger partial charge in [0.25, 0.3) is 0 Å². The summed E-state index contributed by atoms with van der Waals surface area (Å²) in [7, 11) is 0. The number of hydrogen-bond acceptors (Lipinski definition) is 4.